The van der Waals surface area contributed by atoms with Gasteiger partial charge in [0.1, 0.15) is 16.5 Å². The Morgan fingerprint density at radius 3 is 2.29 bits per heavy atom. The molecule has 0 bridgehead atoms. The highest BCUT2D eigenvalue weighted by atomic mass is 35.5. The fraction of sp³-hybridized carbons (Fsp3) is 0. The van der Waals surface area contributed by atoms with E-state index in [4.69, 9.17) is 51.1 Å². The summed E-state index contributed by atoms with van der Waals surface area (Å²) in [6.45, 7) is 0. The molecular weight excluding hydrogens is 302 g/mol. The normalized spacial score (nSPS) is 10.4. The van der Waals surface area contributed by atoms with E-state index < -0.39 is 0 Å². The molecule has 0 amide bonds. The summed E-state index contributed by atoms with van der Waals surface area (Å²) in [6.07, 6.45) is 0. The van der Waals surface area contributed by atoms with Gasteiger partial charge in [0.2, 0.25) is 0 Å². The van der Waals surface area contributed by atoms with Crippen molar-refractivity contribution in [2.75, 3.05) is 0 Å². The molecule has 0 saturated heterocycles. The van der Waals surface area contributed by atoms with E-state index in [1.165, 1.54) is 0 Å². The summed E-state index contributed by atoms with van der Waals surface area (Å²) in [5.41, 5.74) is 0. The maximum Gasteiger partial charge on any atom is 0.147 e. The number of benzene rings is 2. The van der Waals surface area contributed by atoms with Gasteiger partial charge in [-0.05, 0) is 30.3 Å². The van der Waals surface area contributed by atoms with E-state index in [0.29, 0.717) is 21.5 Å². The van der Waals surface area contributed by atoms with Crippen LogP contribution in [0, 0.1) is 0 Å². The van der Waals surface area contributed by atoms with Crippen LogP contribution in [0.5, 0.6) is 11.5 Å². The lowest BCUT2D eigenvalue weighted by atomic mass is 10.3. The van der Waals surface area contributed by atoms with Gasteiger partial charge in [-0.3, -0.25) is 0 Å². The number of ether oxygens (including phenoxy) is 1. The van der Waals surface area contributed by atoms with Crippen LogP contribution in [0.1, 0.15) is 0 Å². The summed E-state index contributed by atoms with van der Waals surface area (Å²) in [7, 11) is 0. The van der Waals surface area contributed by atoms with Gasteiger partial charge in [-0.2, -0.15) is 0 Å². The van der Waals surface area contributed by atoms with Crippen LogP contribution in [0.3, 0.4) is 0 Å². The molecule has 0 heterocycles. The predicted octanol–water partition coefficient (Wildman–Crippen LogP) is 6.09. The molecule has 0 saturated carbocycles. The summed E-state index contributed by atoms with van der Waals surface area (Å²) < 4.78 is 5.57. The van der Waals surface area contributed by atoms with Crippen LogP contribution in [0.2, 0.25) is 20.1 Å². The first kappa shape index (κ1) is 12.8. The lowest BCUT2D eigenvalue weighted by molar-refractivity contribution is 0.483. The van der Waals surface area contributed by atoms with E-state index in [9.17, 15) is 0 Å². The molecule has 2 aromatic rings. The topological polar surface area (TPSA) is 9.23 Å². The highest BCUT2D eigenvalue weighted by Gasteiger charge is 2.10. The Kier molecular flexibility index (Phi) is 4.05. The molecule has 0 N–H and O–H groups in total. The quantitative estimate of drug-likeness (QED) is 0.610. The largest absolute Gasteiger partial charge is 0.456 e. The van der Waals surface area contributed by atoms with Gasteiger partial charge in [0, 0.05) is 5.02 Å². The van der Waals surface area contributed by atoms with Crippen LogP contribution in [0.25, 0.3) is 0 Å². The number of hydrogen-bond acceptors (Lipinski definition) is 1. The average Bonchev–Trinajstić information content (AvgIpc) is 2.30. The Hall–Kier alpha value is -0.600. The molecule has 0 aliphatic carbocycles. The minimum Gasteiger partial charge on any atom is -0.456 e. The van der Waals surface area contributed by atoms with Gasteiger partial charge >= 0.3 is 0 Å². The Labute approximate surface area is 119 Å². The first-order valence-corrected chi connectivity index (χ1v) is 6.16. The molecular formula is C12H6Cl4O. The molecule has 17 heavy (non-hydrogen) atoms. The lowest BCUT2D eigenvalue weighted by Gasteiger charge is -2.09. The average molecular weight is 308 g/mol. The van der Waals surface area contributed by atoms with Crippen LogP contribution in [0.15, 0.2) is 36.4 Å². The van der Waals surface area contributed by atoms with Crippen LogP contribution >= 0.6 is 46.4 Å². The van der Waals surface area contributed by atoms with Gasteiger partial charge in [-0.15, -0.1) is 0 Å². The monoisotopic (exact) mass is 306 g/mol. The second-order valence-electron chi connectivity index (χ2n) is 3.23. The van der Waals surface area contributed by atoms with Crippen molar-refractivity contribution < 1.29 is 4.74 Å². The first-order chi connectivity index (χ1) is 8.08. The highest BCUT2D eigenvalue weighted by Crippen LogP contribution is 2.39. The van der Waals surface area contributed by atoms with Gasteiger partial charge < -0.3 is 4.74 Å². The maximum absolute atomic E-state index is 6.01. The van der Waals surface area contributed by atoms with E-state index in [-0.39, 0.29) is 10.0 Å². The second kappa shape index (κ2) is 5.36. The van der Waals surface area contributed by atoms with E-state index >= 15 is 0 Å². The maximum atomic E-state index is 6.01. The summed E-state index contributed by atoms with van der Waals surface area (Å²) in [5.74, 6) is 1.01. The zero-order chi connectivity index (χ0) is 12.4. The number of halogens is 4. The van der Waals surface area contributed by atoms with Gasteiger partial charge in [-0.25, -0.2) is 0 Å². The smallest absolute Gasteiger partial charge is 0.147 e. The van der Waals surface area contributed by atoms with E-state index in [1.54, 1.807) is 36.4 Å². The molecule has 1 nitrogen and oxygen atoms in total. The zero-order valence-electron chi connectivity index (χ0n) is 8.38. The molecule has 0 fully saturated rings. The number of rotatable bonds is 2. The third-order valence-electron chi connectivity index (χ3n) is 2.02. The van der Waals surface area contributed by atoms with Crippen LogP contribution < -0.4 is 4.74 Å². The molecule has 0 aliphatic heterocycles. The summed E-state index contributed by atoms with van der Waals surface area (Å²) in [4.78, 5) is 0. The van der Waals surface area contributed by atoms with Gasteiger partial charge in [0.25, 0.3) is 0 Å². The summed E-state index contributed by atoms with van der Waals surface area (Å²) >= 11 is 23.6. The van der Waals surface area contributed by atoms with Crippen molar-refractivity contribution in [1.82, 2.24) is 0 Å². The van der Waals surface area contributed by atoms with Crippen molar-refractivity contribution >= 4 is 46.4 Å². The van der Waals surface area contributed by atoms with Crippen molar-refractivity contribution in [2.45, 2.75) is 0 Å². The van der Waals surface area contributed by atoms with E-state index in [0.717, 1.165) is 0 Å². The van der Waals surface area contributed by atoms with Gasteiger partial charge in [0.05, 0.1) is 10.0 Å². The molecule has 2 aromatic carbocycles. The Balaban J connectivity index is 2.34. The fourth-order valence-electron chi connectivity index (χ4n) is 1.24. The molecule has 0 atom stereocenters. The lowest BCUT2D eigenvalue weighted by Crippen LogP contribution is -1.86. The van der Waals surface area contributed by atoms with Crippen molar-refractivity contribution in [3.63, 3.8) is 0 Å². The standard InChI is InChI=1S/C12H6Cl4O/c13-7-2-1-3-8(6-7)17-10-5-4-9(14)11(15)12(10)16/h1-6H. The Morgan fingerprint density at radius 2 is 1.59 bits per heavy atom. The summed E-state index contributed by atoms with van der Waals surface area (Å²) in [5, 5.41) is 1.51. The van der Waals surface area contributed by atoms with Crippen molar-refractivity contribution in [2.24, 2.45) is 0 Å². The molecule has 88 valence electrons. The van der Waals surface area contributed by atoms with Crippen molar-refractivity contribution in [3.8, 4) is 11.5 Å². The molecule has 2 rings (SSSR count). The molecule has 0 spiro atoms. The molecule has 0 aromatic heterocycles. The predicted molar refractivity (Wildman–Crippen MR) is 73.0 cm³/mol. The first-order valence-electron chi connectivity index (χ1n) is 4.65. The van der Waals surface area contributed by atoms with Crippen LogP contribution in [-0.2, 0) is 0 Å². The molecule has 0 unspecified atom stereocenters. The molecule has 0 radical (unpaired) electrons. The Bertz CT molecular complexity index is 554. The third kappa shape index (κ3) is 2.99. The highest BCUT2D eigenvalue weighted by molar-refractivity contribution is 6.48. The second-order valence-corrected chi connectivity index (χ2v) is 4.83. The van der Waals surface area contributed by atoms with Crippen molar-refractivity contribution in [3.05, 3.63) is 56.5 Å². The van der Waals surface area contributed by atoms with E-state index in [2.05, 4.69) is 0 Å². The van der Waals surface area contributed by atoms with Crippen LogP contribution in [-0.4, -0.2) is 0 Å². The van der Waals surface area contributed by atoms with Gasteiger partial charge in [0.15, 0.2) is 0 Å². The van der Waals surface area contributed by atoms with Crippen molar-refractivity contribution in [1.29, 1.82) is 0 Å². The third-order valence-corrected chi connectivity index (χ3v) is 3.54. The SMILES string of the molecule is Clc1cccc(Oc2ccc(Cl)c(Cl)c2Cl)c1. The molecule has 5 heteroatoms. The summed E-state index contributed by atoms with van der Waals surface area (Å²) in [6, 6.07) is 10.3. The molecule has 0 aliphatic rings. The van der Waals surface area contributed by atoms with Crippen LogP contribution in [0.4, 0.5) is 0 Å². The fourth-order valence-corrected chi connectivity index (χ4v) is 1.99. The minimum atomic E-state index is 0.271. The van der Waals surface area contributed by atoms with E-state index in [1.807, 2.05) is 0 Å². The van der Waals surface area contributed by atoms with Gasteiger partial charge in [-0.1, -0.05) is 52.5 Å². The Morgan fingerprint density at radius 1 is 0.824 bits per heavy atom. The number of hydrogen-bond donors (Lipinski definition) is 0. The minimum absolute atomic E-state index is 0.271. The zero-order valence-corrected chi connectivity index (χ0v) is 11.4.